The molecule has 2 aliphatic heterocycles. The molecule has 2 heterocycles. The van der Waals surface area contributed by atoms with Crippen LogP contribution in [0, 0.1) is 5.92 Å². The molecular formula is C24H32N2O4. The lowest BCUT2D eigenvalue weighted by atomic mass is 9.92. The minimum Gasteiger partial charge on any atom is -0.497 e. The number of ether oxygens (including phenoxy) is 2. The summed E-state index contributed by atoms with van der Waals surface area (Å²) in [6.07, 6.45) is 10.8. The average molecular weight is 413 g/mol. The van der Waals surface area contributed by atoms with Crippen molar-refractivity contribution < 1.29 is 19.1 Å². The van der Waals surface area contributed by atoms with E-state index in [0.717, 1.165) is 58.0 Å². The Hall–Kier alpha value is -2.50. The van der Waals surface area contributed by atoms with E-state index >= 15 is 0 Å². The van der Waals surface area contributed by atoms with Crippen molar-refractivity contribution in [3.05, 3.63) is 35.9 Å². The average Bonchev–Trinajstić information content (AvgIpc) is 3.34. The van der Waals surface area contributed by atoms with Crippen LogP contribution in [-0.4, -0.2) is 61.0 Å². The predicted molar refractivity (Wildman–Crippen MR) is 115 cm³/mol. The number of benzene rings is 1. The number of likely N-dealkylation sites (tertiary alicyclic amines) is 2. The summed E-state index contributed by atoms with van der Waals surface area (Å²) < 4.78 is 11.7. The van der Waals surface area contributed by atoms with Gasteiger partial charge in [-0.15, -0.1) is 0 Å². The lowest BCUT2D eigenvalue weighted by Gasteiger charge is -2.35. The number of hydrogen-bond donors (Lipinski definition) is 0. The Kier molecular flexibility index (Phi) is 6.60. The number of allylic oxidation sites excluding steroid dienone is 2. The molecule has 2 amide bonds. The van der Waals surface area contributed by atoms with Gasteiger partial charge in [0, 0.05) is 51.0 Å². The Bertz CT molecular complexity index is 792. The van der Waals surface area contributed by atoms with Crippen LogP contribution in [-0.2, 0) is 4.79 Å². The molecule has 1 aromatic carbocycles. The van der Waals surface area contributed by atoms with E-state index in [4.69, 9.17) is 9.47 Å². The zero-order valence-corrected chi connectivity index (χ0v) is 17.8. The molecule has 2 fully saturated rings. The van der Waals surface area contributed by atoms with Crippen LogP contribution < -0.4 is 9.47 Å². The first-order valence-electron chi connectivity index (χ1n) is 11.2. The van der Waals surface area contributed by atoms with Crippen LogP contribution in [0.3, 0.4) is 0 Å². The molecule has 1 unspecified atom stereocenters. The molecule has 30 heavy (non-hydrogen) atoms. The molecule has 162 valence electrons. The maximum atomic E-state index is 13.0. The van der Waals surface area contributed by atoms with Gasteiger partial charge in [0.1, 0.15) is 17.6 Å². The van der Waals surface area contributed by atoms with Crippen LogP contribution >= 0.6 is 0 Å². The molecule has 0 radical (unpaired) electrons. The van der Waals surface area contributed by atoms with Crippen molar-refractivity contribution in [1.82, 2.24) is 9.80 Å². The molecule has 0 N–H and O–H groups in total. The second kappa shape index (κ2) is 9.54. The summed E-state index contributed by atoms with van der Waals surface area (Å²) in [4.78, 5) is 29.6. The quantitative estimate of drug-likeness (QED) is 0.693. The third-order valence-corrected chi connectivity index (χ3v) is 6.48. The summed E-state index contributed by atoms with van der Waals surface area (Å²) in [7, 11) is 1.62. The number of carbonyl (C=O) groups is 2. The molecule has 0 aromatic heterocycles. The largest absolute Gasteiger partial charge is 0.497 e. The number of hydrogen-bond acceptors (Lipinski definition) is 4. The van der Waals surface area contributed by atoms with Crippen LogP contribution in [0.5, 0.6) is 11.5 Å². The van der Waals surface area contributed by atoms with Gasteiger partial charge in [0.05, 0.1) is 12.7 Å². The van der Waals surface area contributed by atoms with Gasteiger partial charge in [-0.25, -0.2) is 0 Å². The van der Waals surface area contributed by atoms with E-state index < -0.39 is 0 Å². The first-order valence-corrected chi connectivity index (χ1v) is 11.2. The van der Waals surface area contributed by atoms with Gasteiger partial charge >= 0.3 is 0 Å². The van der Waals surface area contributed by atoms with Gasteiger partial charge in [0.2, 0.25) is 5.91 Å². The van der Waals surface area contributed by atoms with Crippen molar-refractivity contribution in [1.29, 1.82) is 0 Å². The van der Waals surface area contributed by atoms with Crippen LogP contribution in [0.15, 0.2) is 30.4 Å². The minimum atomic E-state index is -0.00228. The van der Waals surface area contributed by atoms with Crippen LogP contribution in [0.25, 0.3) is 0 Å². The summed E-state index contributed by atoms with van der Waals surface area (Å²) in [5.41, 5.74) is 0.602. The van der Waals surface area contributed by atoms with E-state index in [1.807, 2.05) is 28.0 Å². The molecule has 0 saturated carbocycles. The molecule has 1 aromatic rings. The maximum Gasteiger partial charge on any atom is 0.257 e. The van der Waals surface area contributed by atoms with Crippen molar-refractivity contribution in [2.45, 2.75) is 51.0 Å². The summed E-state index contributed by atoms with van der Waals surface area (Å²) in [6.45, 7) is 3.04. The highest BCUT2D eigenvalue weighted by Gasteiger charge is 2.30. The summed E-state index contributed by atoms with van der Waals surface area (Å²) in [5.74, 6) is 1.72. The molecule has 6 heteroatoms. The van der Waals surface area contributed by atoms with Gasteiger partial charge in [-0.3, -0.25) is 9.59 Å². The van der Waals surface area contributed by atoms with Gasteiger partial charge in [0.25, 0.3) is 5.91 Å². The fourth-order valence-corrected chi connectivity index (χ4v) is 4.64. The maximum absolute atomic E-state index is 13.0. The first-order chi connectivity index (χ1) is 14.7. The van der Waals surface area contributed by atoms with E-state index in [2.05, 4.69) is 12.2 Å². The predicted octanol–water partition coefficient (Wildman–Crippen LogP) is 3.66. The lowest BCUT2D eigenvalue weighted by Crippen LogP contribution is -2.44. The Morgan fingerprint density at radius 1 is 0.967 bits per heavy atom. The Balaban J connectivity index is 1.40. The number of rotatable bonds is 5. The van der Waals surface area contributed by atoms with E-state index in [1.54, 1.807) is 7.11 Å². The standard InChI is InChI=1S/C24H32N2O4/c1-29-20-9-10-21(24(28)25-13-5-6-14-25)22(17-20)30-19-11-15-26(16-12-19)23(27)18-7-3-2-4-8-18/h2-3,9-10,17-19H,4-8,11-16H2,1H3. The second-order valence-electron chi connectivity index (χ2n) is 8.49. The Morgan fingerprint density at radius 2 is 1.73 bits per heavy atom. The second-order valence-corrected chi connectivity index (χ2v) is 8.49. The van der Waals surface area contributed by atoms with E-state index in [1.165, 1.54) is 0 Å². The Morgan fingerprint density at radius 3 is 2.40 bits per heavy atom. The third kappa shape index (κ3) is 4.63. The topological polar surface area (TPSA) is 59.1 Å². The van der Waals surface area contributed by atoms with Crippen LogP contribution in [0.1, 0.15) is 55.3 Å². The molecule has 1 aliphatic carbocycles. The highest BCUT2D eigenvalue weighted by molar-refractivity contribution is 5.97. The molecule has 6 nitrogen and oxygen atoms in total. The Labute approximate surface area is 178 Å². The SMILES string of the molecule is COc1ccc(C(=O)N2CCCC2)c(OC2CCN(C(=O)C3CC=CCC3)CC2)c1. The number of piperidine rings is 1. The number of carbonyl (C=O) groups excluding carboxylic acids is 2. The third-order valence-electron chi connectivity index (χ3n) is 6.48. The monoisotopic (exact) mass is 412 g/mol. The van der Waals surface area contributed by atoms with E-state index in [9.17, 15) is 9.59 Å². The fraction of sp³-hybridized carbons (Fsp3) is 0.583. The molecule has 3 aliphatic rings. The zero-order chi connectivity index (χ0) is 20.9. The van der Waals surface area contributed by atoms with Crippen molar-refractivity contribution in [2.75, 3.05) is 33.3 Å². The molecule has 2 saturated heterocycles. The molecule has 4 rings (SSSR count). The summed E-state index contributed by atoms with van der Waals surface area (Å²) in [6, 6.07) is 5.44. The first kappa shape index (κ1) is 20.8. The number of amides is 2. The molecule has 0 bridgehead atoms. The van der Waals surface area contributed by atoms with E-state index in [-0.39, 0.29) is 23.8 Å². The van der Waals surface area contributed by atoms with Gasteiger partial charge in [-0.1, -0.05) is 12.2 Å². The van der Waals surface area contributed by atoms with Crippen molar-refractivity contribution in [2.24, 2.45) is 5.92 Å². The van der Waals surface area contributed by atoms with Gasteiger partial charge < -0.3 is 19.3 Å². The minimum absolute atomic E-state index is 0.00228. The number of nitrogens with zero attached hydrogens (tertiary/aromatic N) is 2. The van der Waals surface area contributed by atoms with Crippen LogP contribution in [0.2, 0.25) is 0 Å². The molecular weight excluding hydrogens is 380 g/mol. The van der Waals surface area contributed by atoms with Crippen molar-refractivity contribution in [3.8, 4) is 11.5 Å². The fourth-order valence-electron chi connectivity index (χ4n) is 4.64. The van der Waals surface area contributed by atoms with E-state index in [0.29, 0.717) is 30.2 Å². The summed E-state index contributed by atoms with van der Waals surface area (Å²) >= 11 is 0. The molecule has 1 atom stereocenters. The highest BCUT2D eigenvalue weighted by atomic mass is 16.5. The van der Waals surface area contributed by atoms with Crippen molar-refractivity contribution >= 4 is 11.8 Å². The normalized spacial score (nSPS) is 22.2. The van der Waals surface area contributed by atoms with Crippen LogP contribution in [0.4, 0.5) is 0 Å². The number of methoxy groups -OCH3 is 1. The highest BCUT2D eigenvalue weighted by Crippen LogP contribution is 2.30. The van der Waals surface area contributed by atoms with Crippen molar-refractivity contribution in [3.63, 3.8) is 0 Å². The van der Waals surface area contributed by atoms with Gasteiger partial charge in [-0.05, 0) is 44.2 Å². The lowest BCUT2D eigenvalue weighted by molar-refractivity contribution is -0.137. The molecule has 0 spiro atoms. The smallest absolute Gasteiger partial charge is 0.257 e. The van der Waals surface area contributed by atoms with Gasteiger partial charge in [-0.2, -0.15) is 0 Å². The zero-order valence-electron chi connectivity index (χ0n) is 17.8. The van der Waals surface area contributed by atoms with Gasteiger partial charge in [0.15, 0.2) is 0 Å². The summed E-state index contributed by atoms with van der Waals surface area (Å²) in [5, 5.41) is 0.